The van der Waals surface area contributed by atoms with Gasteiger partial charge in [0, 0.05) is 21.1 Å². The average molecular weight is 226 g/mol. The maximum Gasteiger partial charge on any atom is 0.332 e. The maximum atomic E-state index is 11.8. The average Bonchev–Trinajstić information content (AvgIpc) is 2.24. The molecule has 0 amide bonds. The van der Waals surface area contributed by atoms with Crippen molar-refractivity contribution in [2.75, 3.05) is 24.2 Å². The van der Waals surface area contributed by atoms with Crippen molar-refractivity contribution >= 4 is 17.8 Å². The number of anilines is 2. The van der Waals surface area contributed by atoms with Gasteiger partial charge in [0.1, 0.15) is 17.8 Å². The minimum atomic E-state index is -0.509. The van der Waals surface area contributed by atoms with E-state index in [2.05, 4.69) is 0 Å². The van der Waals surface area contributed by atoms with Crippen LogP contribution in [0.4, 0.5) is 11.5 Å². The van der Waals surface area contributed by atoms with Gasteiger partial charge in [0.25, 0.3) is 5.56 Å². The fourth-order valence-electron chi connectivity index (χ4n) is 1.40. The van der Waals surface area contributed by atoms with Crippen LogP contribution in [0.3, 0.4) is 0 Å². The molecule has 16 heavy (non-hydrogen) atoms. The summed E-state index contributed by atoms with van der Waals surface area (Å²) in [6.07, 6.45) is 0.657. The summed E-state index contributed by atoms with van der Waals surface area (Å²) in [6, 6.07) is 0. The Kier molecular flexibility index (Phi) is 3.17. The molecule has 0 unspecified atom stereocenters. The molecule has 0 atom stereocenters. The SMILES string of the molecule is CN(CC=O)c1c(N)n(C)c(=O)n(C)c1=O. The molecular weight excluding hydrogens is 212 g/mol. The van der Waals surface area contributed by atoms with Crippen molar-refractivity contribution in [3.05, 3.63) is 20.8 Å². The molecule has 2 N–H and O–H groups in total. The second-order valence-corrected chi connectivity index (χ2v) is 3.49. The van der Waals surface area contributed by atoms with Crippen LogP contribution < -0.4 is 21.9 Å². The van der Waals surface area contributed by atoms with E-state index in [1.807, 2.05) is 0 Å². The fraction of sp³-hybridized carbons (Fsp3) is 0.444. The molecule has 0 aliphatic rings. The van der Waals surface area contributed by atoms with E-state index >= 15 is 0 Å². The van der Waals surface area contributed by atoms with Gasteiger partial charge < -0.3 is 15.4 Å². The van der Waals surface area contributed by atoms with Gasteiger partial charge in [0.05, 0.1) is 6.54 Å². The number of hydrogen-bond donors (Lipinski definition) is 1. The third-order valence-corrected chi connectivity index (χ3v) is 2.42. The number of carbonyl (C=O) groups excluding carboxylic acids is 1. The molecule has 1 heterocycles. The van der Waals surface area contributed by atoms with Crippen molar-refractivity contribution in [1.82, 2.24) is 9.13 Å². The van der Waals surface area contributed by atoms with Crippen molar-refractivity contribution < 1.29 is 4.79 Å². The van der Waals surface area contributed by atoms with Crippen LogP contribution in [0.5, 0.6) is 0 Å². The van der Waals surface area contributed by atoms with Gasteiger partial charge >= 0.3 is 5.69 Å². The molecule has 1 rings (SSSR count). The standard InChI is InChI=1S/C9H14N4O3/c1-11(4-5-14)6-7(10)12(2)9(16)13(3)8(6)15/h5H,4,10H2,1-3H3. The van der Waals surface area contributed by atoms with Crippen molar-refractivity contribution in [1.29, 1.82) is 0 Å². The molecule has 7 nitrogen and oxygen atoms in total. The first-order chi connectivity index (χ1) is 7.41. The van der Waals surface area contributed by atoms with E-state index in [4.69, 9.17) is 5.73 Å². The first kappa shape index (κ1) is 12.0. The number of rotatable bonds is 3. The second-order valence-electron chi connectivity index (χ2n) is 3.49. The van der Waals surface area contributed by atoms with E-state index in [1.165, 1.54) is 19.0 Å². The van der Waals surface area contributed by atoms with Gasteiger partial charge in [-0.25, -0.2) is 4.79 Å². The zero-order chi connectivity index (χ0) is 12.5. The summed E-state index contributed by atoms with van der Waals surface area (Å²) >= 11 is 0. The third kappa shape index (κ3) is 1.71. The zero-order valence-electron chi connectivity index (χ0n) is 9.43. The van der Waals surface area contributed by atoms with Gasteiger partial charge in [-0.15, -0.1) is 0 Å². The highest BCUT2D eigenvalue weighted by Crippen LogP contribution is 2.12. The van der Waals surface area contributed by atoms with Gasteiger partial charge in [-0.05, 0) is 0 Å². The number of carbonyl (C=O) groups is 1. The Bertz CT molecular complexity index is 529. The summed E-state index contributed by atoms with van der Waals surface area (Å²) in [5.41, 5.74) is 4.82. The number of likely N-dealkylation sites (N-methyl/N-ethyl adjacent to an activating group) is 1. The number of aromatic nitrogens is 2. The molecule has 1 aromatic heterocycles. The number of nitrogens with two attached hydrogens (primary N) is 1. The van der Waals surface area contributed by atoms with Crippen LogP contribution in [-0.4, -0.2) is 29.0 Å². The van der Waals surface area contributed by atoms with Crippen LogP contribution in [0.1, 0.15) is 0 Å². The largest absolute Gasteiger partial charge is 0.383 e. The first-order valence-corrected chi connectivity index (χ1v) is 4.62. The molecule has 0 aromatic carbocycles. The van der Waals surface area contributed by atoms with Gasteiger partial charge in [0.15, 0.2) is 0 Å². The highest BCUT2D eigenvalue weighted by atomic mass is 16.2. The smallest absolute Gasteiger partial charge is 0.332 e. The number of aldehydes is 1. The lowest BCUT2D eigenvalue weighted by molar-refractivity contribution is -0.106. The summed E-state index contributed by atoms with van der Waals surface area (Å²) in [5.74, 6) is 0.0532. The lowest BCUT2D eigenvalue weighted by atomic mass is 10.4. The van der Waals surface area contributed by atoms with Gasteiger partial charge in [0.2, 0.25) is 0 Å². The van der Waals surface area contributed by atoms with Crippen LogP contribution >= 0.6 is 0 Å². The predicted molar refractivity (Wildman–Crippen MR) is 60.7 cm³/mol. The van der Waals surface area contributed by atoms with Crippen molar-refractivity contribution in [3.63, 3.8) is 0 Å². The summed E-state index contributed by atoms with van der Waals surface area (Å²) in [5, 5.41) is 0. The molecule has 0 bridgehead atoms. The van der Waals surface area contributed by atoms with Crippen LogP contribution in [0.15, 0.2) is 9.59 Å². The Morgan fingerprint density at radius 2 is 1.88 bits per heavy atom. The Morgan fingerprint density at radius 3 is 2.38 bits per heavy atom. The molecule has 0 saturated carbocycles. The van der Waals surface area contributed by atoms with Gasteiger partial charge in [-0.2, -0.15) is 0 Å². The molecule has 0 fully saturated rings. The summed E-state index contributed by atoms with van der Waals surface area (Å²) < 4.78 is 2.12. The van der Waals surface area contributed by atoms with Crippen molar-refractivity contribution in [2.24, 2.45) is 14.1 Å². The van der Waals surface area contributed by atoms with E-state index < -0.39 is 11.2 Å². The fourth-order valence-corrected chi connectivity index (χ4v) is 1.40. The van der Waals surface area contributed by atoms with Crippen LogP contribution in [0, 0.1) is 0 Å². The molecular formula is C9H14N4O3. The Hall–Kier alpha value is -2.05. The second kappa shape index (κ2) is 4.21. The molecule has 7 heteroatoms. The molecule has 0 spiro atoms. The maximum absolute atomic E-state index is 11.8. The van der Waals surface area contributed by atoms with E-state index in [-0.39, 0.29) is 18.1 Å². The molecule has 88 valence electrons. The predicted octanol–water partition coefficient (Wildman–Crippen LogP) is -1.70. The number of nitrogens with zero attached hydrogens (tertiary/aromatic N) is 3. The Morgan fingerprint density at radius 1 is 1.31 bits per heavy atom. The van der Waals surface area contributed by atoms with Crippen LogP contribution in [0.25, 0.3) is 0 Å². The van der Waals surface area contributed by atoms with Crippen molar-refractivity contribution in [3.8, 4) is 0 Å². The Labute approximate surface area is 91.7 Å². The topological polar surface area (TPSA) is 90.3 Å². The highest BCUT2D eigenvalue weighted by Gasteiger charge is 2.16. The van der Waals surface area contributed by atoms with E-state index in [0.717, 1.165) is 9.13 Å². The third-order valence-electron chi connectivity index (χ3n) is 2.42. The van der Waals surface area contributed by atoms with Gasteiger partial charge in [-0.3, -0.25) is 13.9 Å². The van der Waals surface area contributed by atoms with Gasteiger partial charge in [-0.1, -0.05) is 0 Å². The molecule has 0 radical (unpaired) electrons. The summed E-state index contributed by atoms with van der Waals surface area (Å²) in [4.78, 5) is 35.1. The normalized spacial score (nSPS) is 10.2. The van der Waals surface area contributed by atoms with E-state index in [0.29, 0.717) is 6.29 Å². The lowest BCUT2D eigenvalue weighted by Gasteiger charge is -2.19. The minimum absolute atomic E-state index is 0.0393. The quantitative estimate of drug-likeness (QED) is 0.620. The van der Waals surface area contributed by atoms with Crippen LogP contribution in [-0.2, 0) is 18.9 Å². The number of nitrogen functional groups attached to an aromatic ring is 1. The zero-order valence-corrected chi connectivity index (χ0v) is 9.43. The molecule has 0 aliphatic heterocycles. The van der Waals surface area contributed by atoms with E-state index in [9.17, 15) is 14.4 Å². The summed E-state index contributed by atoms with van der Waals surface area (Å²) in [7, 11) is 4.39. The first-order valence-electron chi connectivity index (χ1n) is 4.62. The number of hydrogen-bond acceptors (Lipinski definition) is 5. The lowest BCUT2D eigenvalue weighted by Crippen LogP contribution is -2.42. The molecule has 1 aromatic rings. The monoisotopic (exact) mass is 226 g/mol. The Balaban J connectivity index is 3.58. The molecule has 0 saturated heterocycles. The summed E-state index contributed by atoms with van der Waals surface area (Å²) in [6.45, 7) is 0.0393. The molecule has 0 aliphatic carbocycles. The minimum Gasteiger partial charge on any atom is -0.383 e. The van der Waals surface area contributed by atoms with Crippen LogP contribution in [0.2, 0.25) is 0 Å². The van der Waals surface area contributed by atoms with E-state index in [1.54, 1.807) is 7.05 Å². The highest BCUT2D eigenvalue weighted by molar-refractivity contribution is 5.67. The van der Waals surface area contributed by atoms with Crippen molar-refractivity contribution in [2.45, 2.75) is 0 Å².